The van der Waals surface area contributed by atoms with Gasteiger partial charge in [-0.1, -0.05) is 11.6 Å². The van der Waals surface area contributed by atoms with Crippen LogP contribution in [0.5, 0.6) is 5.75 Å². The molecular weight excluding hydrogens is 294 g/mol. The van der Waals surface area contributed by atoms with Crippen LogP contribution in [0.1, 0.15) is 5.56 Å². The van der Waals surface area contributed by atoms with Crippen molar-refractivity contribution < 1.29 is 23.1 Å². The lowest BCUT2D eigenvalue weighted by atomic mass is 10.2. The maximum Gasteiger partial charge on any atom is 0.318 e. The van der Waals surface area contributed by atoms with Crippen LogP contribution in [-0.2, 0) is 14.8 Å². The summed E-state index contributed by atoms with van der Waals surface area (Å²) in [6.45, 7) is 0.964. The van der Waals surface area contributed by atoms with Crippen molar-refractivity contribution in [2.45, 2.75) is 11.8 Å². The minimum atomic E-state index is -3.90. The lowest BCUT2D eigenvalue weighted by molar-refractivity contribution is -0.137. The fourth-order valence-corrected chi connectivity index (χ4v) is 3.17. The highest BCUT2D eigenvalue weighted by Gasteiger charge is 2.25. The molecule has 8 heteroatoms. The van der Waals surface area contributed by atoms with E-state index >= 15 is 0 Å². The molecule has 1 rings (SSSR count). The van der Waals surface area contributed by atoms with Crippen molar-refractivity contribution in [1.82, 2.24) is 4.31 Å². The predicted molar refractivity (Wildman–Crippen MR) is 70.2 cm³/mol. The van der Waals surface area contributed by atoms with Gasteiger partial charge in [0.05, 0.1) is 17.0 Å². The van der Waals surface area contributed by atoms with Crippen molar-refractivity contribution >= 4 is 27.6 Å². The van der Waals surface area contributed by atoms with Gasteiger partial charge in [-0.15, -0.1) is 0 Å². The van der Waals surface area contributed by atoms with Crippen molar-refractivity contribution in [3.8, 4) is 5.75 Å². The van der Waals surface area contributed by atoms with Crippen LogP contribution < -0.4 is 4.74 Å². The number of halogens is 1. The summed E-state index contributed by atoms with van der Waals surface area (Å²) in [5, 5.41) is 8.80. The average Bonchev–Trinajstić information content (AvgIpc) is 2.30. The number of sulfonamides is 1. The normalized spacial score (nSPS) is 11.6. The van der Waals surface area contributed by atoms with E-state index in [1.165, 1.54) is 26.3 Å². The molecule has 0 atom stereocenters. The number of aliphatic carboxylic acids is 1. The van der Waals surface area contributed by atoms with Crippen molar-refractivity contribution in [3.63, 3.8) is 0 Å². The molecule has 0 aliphatic carbocycles. The number of carboxylic acids is 1. The van der Waals surface area contributed by atoms with Crippen LogP contribution in [0.25, 0.3) is 0 Å². The van der Waals surface area contributed by atoms with Crippen LogP contribution in [-0.4, -0.2) is 44.5 Å². The maximum atomic E-state index is 12.2. The summed E-state index contributed by atoms with van der Waals surface area (Å²) in [6, 6.07) is 2.74. The number of rotatable bonds is 5. The van der Waals surface area contributed by atoms with Crippen molar-refractivity contribution in [3.05, 3.63) is 22.7 Å². The Morgan fingerprint density at radius 3 is 2.53 bits per heavy atom. The third-order valence-electron chi connectivity index (χ3n) is 2.50. The number of carboxylic acid groups (broad SMARTS) is 1. The van der Waals surface area contributed by atoms with Gasteiger partial charge in [0, 0.05) is 7.05 Å². The Morgan fingerprint density at radius 2 is 2.05 bits per heavy atom. The first-order valence-corrected chi connectivity index (χ1v) is 7.04. The summed E-state index contributed by atoms with van der Waals surface area (Å²) in [6.07, 6.45) is 0. The van der Waals surface area contributed by atoms with E-state index < -0.39 is 22.5 Å². The zero-order chi connectivity index (χ0) is 14.8. The second-order valence-electron chi connectivity index (χ2n) is 3.91. The average molecular weight is 308 g/mol. The summed E-state index contributed by atoms with van der Waals surface area (Å²) < 4.78 is 30.1. The number of hydrogen-bond donors (Lipinski definition) is 1. The van der Waals surface area contributed by atoms with Gasteiger partial charge in [-0.3, -0.25) is 4.79 Å². The summed E-state index contributed by atoms with van der Waals surface area (Å²) in [5.74, 6) is -0.873. The first-order chi connectivity index (χ1) is 8.70. The molecule has 0 spiro atoms. The Hall–Kier alpha value is -1.31. The van der Waals surface area contributed by atoms with Crippen molar-refractivity contribution in [2.24, 2.45) is 0 Å². The highest BCUT2D eigenvalue weighted by Crippen LogP contribution is 2.31. The molecule has 1 aromatic carbocycles. The number of benzene rings is 1. The lowest BCUT2D eigenvalue weighted by Crippen LogP contribution is -2.32. The van der Waals surface area contributed by atoms with Gasteiger partial charge in [-0.2, -0.15) is 4.31 Å². The molecule has 0 saturated carbocycles. The van der Waals surface area contributed by atoms with E-state index in [2.05, 4.69) is 0 Å². The summed E-state index contributed by atoms with van der Waals surface area (Å²) in [7, 11) is -1.28. The predicted octanol–water partition coefficient (Wildman–Crippen LogP) is 1.36. The van der Waals surface area contributed by atoms with Gasteiger partial charge in [-0.05, 0) is 24.6 Å². The van der Waals surface area contributed by atoms with Gasteiger partial charge in [0.1, 0.15) is 12.3 Å². The third-order valence-corrected chi connectivity index (χ3v) is 4.74. The lowest BCUT2D eigenvalue weighted by Gasteiger charge is -2.17. The summed E-state index contributed by atoms with van der Waals surface area (Å²) >= 11 is 5.89. The smallest absolute Gasteiger partial charge is 0.318 e. The number of nitrogens with zero attached hydrogens (tertiary/aromatic N) is 1. The molecule has 0 fully saturated rings. The van der Waals surface area contributed by atoms with E-state index in [0.717, 1.165) is 4.31 Å². The van der Waals surface area contributed by atoms with Crippen LogP contribution in [0.3, 0.4) is 0 Å². The van der Waals surface area contributed by atoms with Gasteiger partial charge in [0.25, 0.3) is 0 Å². The first kappa shape index (κ1) is 15.7. The Morgan fingerprint density at radius 1 is 1.47 bits per heavy atom. The number of carbonyl (C=O) groups is 1. The molecule has 0 saturated heterocycles. The largest absolute Gasteiger partial charge is 0.495 e. The van der Waals surface area contributed by atoms with Crippen LogP contribution in [0.15, 0.2) is 17.0 Å². The van der Waals surface area contributed by atoms with Crippen LogP contribution >= 0.6 is 11.6 Å². The molecule has 1 aromatic rings. The highest BCUT2D eigenvalue weighted by molar-refractivity contribution is 7.89. The zero-order valence-electron chi connectivity index (χ0n) is 10.7. The molecule has 0 bridgehead atoms. The second kappa shape index (κ2) is 5.77. The van der Waals surface area contributed by atoms with Crippen LogP contribution in [0, 0.1) is 6.92 Å². The molecule has 0 unspecified atom stereocenters. The molecule has 0 aromatic heterocycles. The number of hydrogen-bond acceptors (Lipinski definition) is 4. The molecule has 0 amide bonds. The van der Waals surface area contributed by atoms with Crippen LogP contribution in [0.2, 0.25) is 5.02 Å². The van der Waals surface area contributed by atoms with Gasteiger partial charge in [0.2, 0.25) is 10.0 Å². The topological polar surface area (TPSA) is 83.9 Å². The number of likely N-dealkylation sites (N-methyl/N-ethyl adjacent to an activating group) is 1. The van der Waals surface area contributed by atoms with E-state index in [1.807, 2.05) is 0 Å². The fraction of sp³-hybridized carbons (Fsp3) is 0.364. The van der Waals surface area contributed by atoms with Gasteiger partial charge in [0.15, 0.2) is 0 Å². The van der Waals surface area contributed by atoms with Gasteiger partial charge < -0.3 is 9.84 Å². The Labute approximate surface area is 116 Å². The molecule has 1 N–H and O–H groups in total. The fourth-order valence-electron chi connectivity index (χ4n) is 1.51. The zero-order valence-corrected chi connectivity index (χ0v) is 12.2. The first-order valence-electron chi connectivity index (χ1n) is 5.22. The minimum absolute atomic E-state index is 0.0398. The standard InChI is InChI=1S/C11H14ClNO5S/c1-7-4-9(18-3)8(12)5-10(7)19(16,17)13(2)6-11(14)15/h4-5H,6H2,1-3H3,(H,14,15). The number of aryl methyl sites for hydroxylation is 1. The van der Waals surface area contributed by atoms with Crippen LogP contribution in [0.4, 0.5) is 0 Å². The monoisotopic (exact) mass is 307 g/mol. The summed E-state index contributed by atoms with van der Waals surface area (Å²) in [4.78, 5) is 10.5. The van der Waals surface area contributed by atoms with E-state index in [4.69, 9.17) is 21.4 Å². The highest BCUT2D eigenvalue weighted by atomic mass is 35.5. The second-order valence-corrected chi connectivity index (χ2v) is 6.33. The summed E-state index contributed by atoms with van der Waals surface area (Å²) in [5.41, 5.74) is 0.429. The number of ether oxygens (including phenoxy) is 1. The quantitative estimate of drug-likeness (QED) is 0.888. The molecule has 6 nitrogen and oxygen atoms in total. The molecule has 0 radical (unpaired) electrons. The number of methoxy groups -OCH3 is 1. The van der Waals surface area contributed by atoms with Crippen molar-refractivity contribution in [2.75, 3.05) is 20.7 Å². The molecule has 106 valence electrons. The minimum Gasteiger partial charge on any atom is -0.495 e. The molecule has 0 aliphatic rings. The third kappa shape index (κ3) is 3.37. The molecule has 0 aliphatic heterocycles. The Balaban J connectivity index is 3.29. The van der Waals surface area contributed by atoms with Gasteiger partial charge >= 0.3 is 5.97 Å². The Kier molecular flexibility index (Phi) is 4.78. The van der Waals surface area contributed by atoms with Crippen molar-refractivity contribution in [1.29, 1.82) is 0 Å². The van der Waals surface area contributed by atoms with E-state index in [1.54, 1.807) is 6.92 Å². The SMILES string of the molecule is COc1cc(C)c(S(=O)(=O)N(C)CC(=O)O)cc1Cl. The molecule has 19 heavy (non-hydrogen) atoms. The van der Waals surface area contributed by atoms with E-state index in [-0.39, 0.29) is 9.92 Å². The van der Waals surface area contributed by atoms with Gasteiger partial charge in [-0.25, -0.2) is 8.42 Å². The van der Waals surface area contributed by atoms with E-state index in [0.29, 0.717) is 11.3 Å². The Bertz CT molecular complexity index is 599. The molecular formula is C11H14ClNO5S. The maximum absolute atomic E-state index is 12.2. The molecule has 0 heterocycles. The van der Waals surface area contributed by atoms with E-state index in [9.17, 15) is 13.2 Å².